The molecule has 3 N–H and O–H groups in total. The highest BCUT2D eigenvalue weighted by atomic mass is 32.2. The summed E-state index contributed by atoms with van der Waals surface area (Å²) in [5, 5.41) is 11.3. The van der Waals surface area contributed by atoms with Crippen LogP contribution in [-0.4, -0.2) is 21.9 Å². The highest BCUT2D eigenvalue weighted by Crippen LogP contribution is 2.42. The summed E-state index contributed by atoms with van der Waals surface area (Å²) in [7, 11) is -1.53. The number of phenols is 1. The van der Waals surface area contributed by atoms with Gasteiger partial charge in [0.15, 0.2) is 0 Å². The molecule has 1 unspecified atom stereocenters. The Morgan fingerprint density at radius 2 is 1.96 bits per heavy atom. The van der Waals surface area contributed by atoms with Gasteiger partial charge in [-0.15, -0.1) is 11.3 Å². The minimum absolute atomic E-state index is 0.123. The number of ether oxygens (including phenoxy) is 1. The molecule has 124 valence electrons. The summed E-state index contributed by atoms with van der Waals surface area (Å²) in [4.78, 5) is 12.9. The van der Waals surface area contributed by atoms with Gasteiger partial charge in [-0.05, 0) is 25.1 Å². The fourth-order valence-corrected chi connectivity index (χ4v) is 4.58. The zero-order valence-electron chi connectivity index (χ0n) is 12.8. The molecule has 0 bridgehead atoms. The molecule has 0 saturated carbocycles. The number of nitrogens with two attached hydrogens (primary N) is 1. The smallest absolute Gasteiger partial charge is 0.341 e. The third-order valence-electron chi connectivity index (χ3n) is 3.46. The number of hydrogen-bond acceptors (Lipinski definition) is 6. The average molecular weight is 361 g/mol. The molecule has 0 amide bonds. The SMILES string of the molecule is CCOC(=O)c1c(N)sc2c(O)c(S(=O)c3ccccc3)ccc12. The van der Waals surface area contributed by atoms with E-state index in [0.717, 1.165) is 11.3 Å². The van der Waals surface area contributed by atoms with Gasteiger partial charge in [-0.1, -0.05) is 24.3 Å². The first-order chi connectivity index (χ1) is 11.5. The summed E-state index contributed by atoms with van der Waals surface area (Å²) in [6.07, 6.45) is 0. The van der Waals surface area contributed by atoms with Crippen molar-refractivity contribution in [1.29, 1.82) is 0 Å². The van der Waals surface area contributed by atoms with Crippen LogP contribution in [0.15, 0.2) is 52.3 Å². The lowest BCUT2D eigenvalue weighted by atomic mass is 10.1. The van der Waals surface area contributed by atoms with Crippen molar-refractivity contribution < 1.29 is 18.8 Å². The number of phenolic OH excluding ortho intramolecular Hbond substituents is 1. The van der Waals surface area contributed by atoms with Crippen molar-refractivity contribution in [3.05, 3.63) is 48.0 Å². The van der Waals surface area contributed by atoms with Gasteiger partial charge in [0.2, 0.25) is 0 Å². The standard InChI is InChI=1S/C17H15NO4S2/c1-2-22-17(20)13-11-8-9-12(14(19)15(11)23-16(13)18)24(21)10-6-4-3-5-7-10/h3-9,19H,2,18H2,1H3. The molecule has 1 aromatic heterocycles. The van der Waals surface area contributed by atoms with Crippen molar-refractivity contribution in [1.82, 2.24) is 0 Å². The molecule has 5 nitrogen and oxygen atoms in total. The molecule has 0 spiro atoms. The van der Waals surface area contributed by atoms with Crippen LogP contribution in [0.1, 0.15) is 17.3 Å². The van der Waals surface area contributed by atoms with E-state index in [-0.39, 0.29) is 27.8 Å². The maximum atomic E-state index is 12.7. The number of fused-ring (bicyclic) bond motifs is 1. The maximum absolute atomic E-state index is 12.7. The van der Waals surface area contributed by atoms with Gasteiger partial charge >= 0.3 is 5.97 Å². The fourth-order valence-electron chi connectivity index (χ4n) is 2.38. The van der Waals surface area contributed by atoms with Crippen LogP contribution in [-0.2, 0) is 15.5 Å². The summed E-state index contributed by atoms with van der Waals surface area (Å²) in [6.45, 7) is 1.94. The molecule has 3 rings (SSSR count). The Labute approximate surface area is 145 Å². The number of carbonyl (C=O) groups excluding carboxylic acids is 1. The van der Waals surface area contributed by atoms with Crippen LogP contribution >= 0.6 is 11.3 Å². The highest BCUT2D eigenvalue weighted by molar-refractivity contribution is 7.85. The number of anilines is 1. The predicted molar refractivity (Wildman–Crippen MR) is 95.0 cm³/mol. The zero-order valence-corrected chi connectivity index (χ0v) is 14.4. The van der Waals surface area contributed by atoms with Crippen LogP contribution < -0.4 is 5.73 Å². The highest BCUT2D eigenvalue weighted by Gasteiger charge is 2.23. The van der Waals surface area contributed by atoms with Crippen molar-refractivity contribution in [3.8, 4) is 5.75 Å². The number of nitrogen functional groups attached to an aromatic ring is 1. The van der Waals surface area contributed by atoms with E-state index < -0.39 is 16.8 Å². The van der Waals surface area contributed by atoms with Crippen LogP contribution in [0.5, 0.6) is 5.75 Å². The summed E-state index contributed by atoms with van der Waals surface area (Å²) in [5.74, 6) is -0.653. The minimum Gasteiger partial charge on any atom is -0.505 e. The zero-order chi connectivity index (χ0) is 17.3. The number of rotatable bonds is 4. The maximum Gasteiger partial charge on any atom is 0.341 e. The lowest BCUT2D eigenvalue weighted by Crippen LogP contribution is -2.06. The third kappa shape index (κ3) is 2.76. The Morgan fingerprint density at radius 1 is 1.25 bits per heavy atom. The molecule has 1 heterocycles. The molecular formula is C17H15NO4S2. The van der Waals surface area contributed by atoms with E-state index >= 15 is 0 Å². The molecule has 0 aliphatic rings. The number of thiophene rings is 1. The van der Waals surface area contributed by atoms with Gasteiger partial charge < -0.3 is 15.6 Å². The Kier molecular flexibility index (Phi) is 4.55. The topological polar surface area (TPSA) is 89.6 Å². The quantitative estimate of drug-likeness (QED) is 0.694. The van der Waals surface area contributed by atoms with Crippen LogP contribution in [0.2, 0.25) is 0 Å². The van der Waals surface area contributed by atoms with Crippen molar-refractivity contribution in [2.75, 3.05) is 12.3 Å². The lowest BCUT2D eigenvalue weighted by molar-refractivity contribution is 0.0530. The Bertz CT molecular complexity index is 935. The largest absolute Gasteiger partial charge is 0.505 e. The van der Waals surface area contributed by atoms with Gasteiger partial charge in [0.1, 0.15) is 16.3 Å². The molecule has 0 aliphatic carbocycles. The number of hydrogen-bond donors (Lipinski definition) is 2. The number of esters is 1. The average Bonchev–Trinajstić information content (AvgIpc) is 2.93. The van der Waals surface area contributed by atoms with E-state index in [2.05, 4.69) is 0 Å². The van der Waals surface area contributed by atoms with Gasteiger partial charge in [-0.25, -0.2) is 9.00 Å². The van der Waals surface area contributed by atoms with E-state index in [4.69, 9.17) is 10.5 Å². The van der Waals surface area contributed by atoms with E-state index in [0.29, 0.717) is 15.0 Å². The Balaban J connectivity index is 2.13. The lowest BCUT2D eigenvalue weighted by Gasteiger charge is -2.06. The van der Waals surface area contributed by atoms with Crippen molar-refractivity contribution in [3.63, 3.8) is 0 Å². The molecular weight excluding hydrogens is 346 g/mol. The number of benzene rings is 2. The number of aromatic hydroxyl groups is 1. The van der Waals surface area contributed by atoms with E-state index in [9.17, 15) is 14.1 Å². The number of carbonyl (C=O) groups is 1. The molecule has 24 heavy (non-hydrogen) atoms. The fraction of sp³-hybridized carbons (Fsp3) is 0.118. The van der Waals surface area contributed by atoms with Crippen LogP contribution in [0.4, 0.5) is 5.00 Å². The first kappa shape index (κ1) is 16.5. The molecule has 3 aromatic rings. The summed E-state index contributed by atoms with van der Waals surface area (Å²) >= 11 is 1.08. The summed E-state index contributed by atoms with van der Waals surface area (Å²) in [6, 6.07) is 12.0. The van der Waals surface area contributed by atoms with Crippen LogP contribution in [0.25, 0.3) is 10.1 Å². The molecule has 7 heteroatoms. The molecule has 0 aliphatic heterocycles. The van der Waals surface area contributed by atoms with Gasteiger partial charge in [-0.3, -0.25) is 0 Å². The van der Waals surface area contributed by atoms with Crippen LogP contribution in [0.3, 0.4) is 0 Å². The molecule has 1 atom stereocenters. The first-order valence-electron chi connectivity index (χ1n) is 7.22. The molecule has 0 saturated heterocycles. The molecule has 2 aromatic carbocycles. The summed E-state index contributed by atoms with van der Waals surface area (Å²) < 4.78 is 18.1. The third-order valence-corrected chi connectivity index (χ3v) is 5.93. The van der Waals surface area contributed by atoms with Crippen molar-refractivity contribution in [2.45, 2.75) is 16.7 Å². The van der Waals surface area contributed by atoms with E-state index in [1.54, 1.807) is 43.3 Å². The van der Waals surface area contributed by atoms with E-state index in [1.165, 1.54) is 0 Å². The molecule has 0 radical (unpaired) electrons. The van der Waals surface area contributed by atoms with Crippen LogP contribution in [0, 0.1) is 0 Å². The Hall–Kier alpha value is -2.38. The Morgan fingerprint density at radius 3 is 2.62 bits per heavy atom. The van der Waals surface area contributed by atoms with Gasteiger partial charge in [-0.2, -0.15) is 0 Å². The van der Waals surface area contributed by atoms with Gasteiger partial charge in [0, 0.05) is 10.3 Å². The monoisotopic (exact) mass is 361 g/mol. The van der Waals surface area contributed by atoms with Gasteiger partial charge in [0.05, 0.1) is 27.0 Å². The van der Waals surface area contributed by atoms with Gasteiger partial charge in [0.25, 0.3) is 0 Å². The summed E-state index contributed by atoms with van der Waals surface area (Å²) in [5.41, 5.74) is 6.16. The minimum atomic E-state index is -1.53. The first-order valence-corrected chi connectivity index (χ1v) is 9.19. The van der Waals surface area contributed by atoms with E-state index in [1.807, 2.05) is 6.07 Å². The second-order valence-electron chi connectivity index (χ2n) is 4.93. The molecule has 0 fully saturated rings. The second kappa shape index (κ2) is 6.62. The van der Waals surface area contributed by atoms with Crippen molar-refractivity contribution >= 4 is 43.2 Å². The predicted octanol–water partition coefficient (Wildman–Crippen LogP) is 3.53. The second-order valence-corrected chi connectivity index (χ2v) is 7.43. The normalized spacial score (nSPS) is 12.2. The van der Waals surface area contributed by atoms with Crippen molar-refractivity contribution in [2.24, 2.45) is 0 Å².